The first-order valence-corrected chi connectivity index (χ1v) is 5.39. The van der Waals surface area contributed by atoms with Gasteiger partial charge in [0.25, 0.3) is 0 Å². The molecule has 1 unspecified atom stereocenters. The highest BCUT2D eigenvalue weighted by atomic mass is 15.0. The van der Waals surface area contributed by atoms with Crippen molar-refractivity contribution in [2.75, 3.05) is 7.05 Å². The summed E-state index contributed by atoms with van der Waals surface area (Å²) in [5.74, 6) is 0.836. The number of nitrogens with zero attached hydrogens (tertiary/aromatic N) is 3. The van der Waals surface area contributed by atoms with Crippen molar-refractivity contribution in [1.29, 1.82) is 0 Å². The van der Waals surface area contributed by atoms with E-state index in [1.165, 1.54) is 5.69 Å². The van der Waals surface area contributed by atoms with Gasteiger partial charge in [-0.3, -0.25) is 0 Å². The molecule has 0 aromatic carbocycles. The number of hydrogen-bond acceptors (Lipinski definition) is 3. The molecule has 0 fully saturated rings. The SMILES string of the molecule is CNC(C)c1cccn1Cc1ncccn1. The maximum Gasteiger partial charge on any atom is 0.147 e. The van der Waals surface area contributed by atoms with E-state index in [9.17, 15) is 0 Å². The van der Waals surface area contributed by atoms with Crippen LogP contribution in [0.1, 0.15) is 24.5 Å². The molecule has 0 aliphatic rings. The lowest BCUT2D eigenvalue weighted by Gasteiger charge is -2.14. The fourth-order valence-corrected chi connectivity index (χ4v) is 1.68. The monoisotopic (exact) mass is 216 g/mol. The van der Waals surface area contributed by atoms with Gasteiger partial charge in [0.2, 0.25) is 0 Å². The molecule has 0 amide bonds. The minimum Gasteiger partial charge on any atom is -0.342 e. The van der Waals surface area contributed by atoms with Crippen LogP contribution in [0.4, 0.5) is 0 Å². The van der Waals surface area contributed by atoms with Crippen LogP contribution in [-0.2, 0) is 6.54 Å². The lowest BCUT2D eigenvalue weighted by atomic mass is 10.2. The molecule has 2 aromatic rings. The lowest BCUT2D eigenvalue weighted by molar-refractivity contribution is 0.582. The van der Waals surface area contributed by atoms with Crippen LogP contribution in [0.15, 0.2) is 36.8 Å². The average molecular weight is 216 g/mol. The molecule has 0 saturated carbocycles. The van der Waals surface area contributed by atoms with Crippen molar-refractivity contribution < 1.29 is 0 Å². The maximum absolute atomic E-state index is 4.23. The average Bonchev–Trinajstić information content (AvgIpc) is 2.77. The first-order chi connectivity index (χ1) is 7.81. The van der Waals surface area contributed by atoms with Gasteiger partial charge in [-0.15, -0.1) is 0 Å². The van der Waals surface area contributed by atoms with Crippen LogP contribution in [0, 0.1) is 0 Å². The summed E-state index contributed by atoms with van der Waals surface area (Å²) in [4.78, 5) is 8.46. The number of rotatable bonds is 4. The Morgan fingerprint density at radius 3 is 2.75 bits per heavy atom. The third-order valence-corrected chi connectivity index (χ3v) is 2.67. The highest BCUT2D eigenvalue weighted by molar-refractivity contribution is 5.12. The number of hydrogen-bond donors (Lipinski definition) is 1. The van der Waals surface area contributed by atoms with Gasteiger partial charge < -0.3 is 9.88 Å². The van der Waals surface area contributed by atoms with Crippen molar-refractivity contribution in [3.05, 3.63) is 48.3 Å². The molecule has 84 valence electrons. The summed E-state index contributed by atoms with van der Waals surface area (Å²) in [6.07, 6.45) is 5.60. The normalized spacial score (nSPS) is 12.6. The molecule has 2 aromatic heterocycles. The molecule has 0 spiro atoms. The predicted octanol–water partition coefficient (Wildman–Crippen LogP) is 1.61. The molecular weight excluding hydrogens is 200 g/mol. The Hall–Kier alpha value is -1.68. The smallest absolute Gasteiger partial charge is 0.147 e. The standard InChI is InChI=1S/C12H16N4/c1-10(13-2)11-5-3-8-16(11)9-12-14-6-4-7-15-12/h3-8,10,13H,9H2,1-2H3. The lowest BCUT2D eigenvalue weighted by Crippen LogP contribution is -2.17. The summed E-state index contributed by atoms with van der Waals surface area (Å²) < 4.78 is 2.16. The second kappa shape index (κ2) is 4.90. The van der Waals surface area contributed by atoms with E-state index < -0.39 is 0 Å². The molecule has 0 radical (unpaired) electrons. The Morgan fingerprint density at radius 2 is 2.06 bits per heavy atom. The van der Waals surface area contributed by atoms with Crippen molar-refractivity contribution in [3.63, 3.8) is 0 Å². The van der Waals surface area contributed by atoms with Gasteiger partial charge in [-0.25, -0.2) is 9.97 Å². The first kappa shape index (κ1) is 10.8. The summed E-state index contributed by atoms with van der Waals surface area (Å²) in [6, 6.07) is 6.32. The molecule has 1 atom stereocenters. The van der Waals surface area contributed by atoms with Crippen LogP contribution >= 0.6 is 0 Å². The molecule has 2 heterocycles. The van der Waals surface area contributed by atoms with E-state index in [2.05, 4.69) is 39.0 Å². The predicted molar refractivity (Wildman–Crippen MR) is 63.0 cm³/mol. The first-order valence-electron chi connectivity index (χ1n) is 5.39. The van der Waals surface area contributed by atoms with Crippen molar-refractivity contribution in [1.82, 2.24) is 19.9 Å². The van der Waals surface area contributed by atoms with Crippen LogP contribution in [0.3, 0.4) is 0 Å². The van der Waals surface area contributed by atoms with Crippen LogP contribution in [0.2, 0.25) is 0 Å². The second-order valence-corrected chi connectivity index (χ2v) is 3.74. The molecular formula is C12H16N4. The quantitative estimate of drug-likeness (QED) is 0.844. The zero-order valence-electron chi connectivity index (χ0n) is 9.59. The topological polar surface area (TPSA) is 42.7 Å². The van der Waals surface area contributed by atoms with Crippen molar-refractivity contribution in [3.8, 4) is 0 Å². The van der Waals surface area contributed by atoms with Crippen molar-refractivity contribution in [2.24, 2.45) is 0 Å². The van der Waals surface area contributed by atoms with Gasteiger partial charge in [-0.1, -0.05) is 0 Å². The molecule has 16 heavy (non-hydrogen) atoms. The largest absolute Gasteiger partial charge is 0.342 e. The van der Waals surface area contributed by atoms with E-state index in [-0.39, 0.29) is 0 Å². The minimum atomic E-state index is 0.332. The third kappa shape index (κ3) is 2.28. The minimum absolute atomic E-state index is 0.332. The Kier molecular flexibility index (Phi) is 3.31. The van der Waals surface area contributed by atoms with Crippen LogP contribution in [-0.4, -0.2) is 21.6 Å². The molecule has 0 bridgehead atoms. The van der Waals surface area contributed by atoms with Gasteiger partial charge in [0.15, 0.2) is 0 Å². The Morgan fingerprint density at radius 1 is 1.31 bits per heavy atom. The summed E-state index contributed by atoms with van der Waals surface area (Å²) in [5, 5.41) is 3.23. The molecule has 0 saturated heterocycles. The van der Waals surface area contributed by atoms with Gasteiger partial charge in [-0.2, -0.15) is 0 Å². The van der Waals surface area contributed by atoms with E-state index in [0.717, 1.165) is 12.4 Å². The van der Waals surface area contributed by atoms with Gasteiger partial charge >= 0.3 is 0 Å². The molecule has 0 aliphatic heterocycles. The molecule has 2 rings (SSSR count). The Labute approximate surface area is 95.4 Å². The summed E-state index contributed by atoms with van der Waals surface area (Å²) >= 11 is 0. The van der Waals surface area contributed by atoms with Crippen molar-refractivity contribution in [2.45, 2.75) is 19.5 Å². The van der Waals surface area contributed by atoms with Gasteiger partial charge in [0.1, 0.15) is 5.82 Å². The van der Waals surface area contributed by atoms with Crippen LogP contribution in [0.5, 0.6) is 0 Å². The molecule has 4 heteroatoms. The van der Waals surface area contributed by atoms with Gasteiger partial charge in [-0.05, 0) is 32.2 Å². The summed E-state index contributed by atoms with van der Waals surface area (Å²) in [5.41, 5.74) is 1.25. The molecule has 1 N–H and O–H groups in total. The second-order valence-electron chi connectivity index (χ2n) is 3.74. The van der Waals surface area contributed by atoms with Gasteiger partial charge in [0, 0.05) is 30.3 Å². The van der Waals surface area contributed by atoms with E-state index in [1.807, 2.05) is 19.2 Å². The van der Waals surface area contributed by atoms with E-state index in [1.54, 1.807) is 12.4 Å². The van der Waals surface area contributed by atoms with E-state index in [0.29, 0.717) is 6.04 Å². The number of nitrogens with one attached hydrogen (secondary N) is 1. The zero-order chi connectivity index (χ0) is 11.4. The molecule has 4 nitrogen and oxygen atoms in total. The summed E-state index contributed by atoms with van der Waals surface area (Å²) in [7, 11) is 1.96. The third-order valence-electron chi connectivity index (χ3n) is 2.67. The zero-order valence-corrected chi connectivity index (χ0v) is 9.59. The van der Waals surface area contributed by atoms with Crippen molar-refractivity contribution >= 4 is 0 Å². The fourth-order valence-electron chi connectivity index (χ4n) is 1.68. The highest BCUT2D eigenvalue weighted by Crippen LogP contribution is 2.13. The maximum atomic E-state index is 4.23. The van der Waals surface area contributed by atoms with E-state index >= 15 is 0 Å². The molecule has 0 aliphatic carbocycles. The van der Waals surface area contributed by atoms with Crippen LogP contribution in [0.25, 0.3) is 0 Å². The fraction of sp³-hybridized carbons (Fsp3) is 0.333. The Balaban J connectivity index is 2.19. The van der Waals surface area contributed by atoms with Crippen LogP contribution < -0.4 is 5.32 Å². The summed E-state index contributed by atoms with van der Waals surface area (Å²) in [6.45, 7) is 2.85. The Bertz CT molecular complexity index is 435. The number of aromatic nitrogens is 3. The van der Waals surface area contributed by atoms with E-state index in [4.69, 9.17) is 0 Å². The van der Waals surface area contributed by atoms with Gasteiger partial charge in [0.05, 0.1) is 6.54 Å². The highest BCUT2D eigenvalue weighted by Gasteiger charge is 2.08.